The molecule has 0 aliphatic rings. The summed E-state index contributed by atoms with van der Waals surface area (Å²) in [6.07, 6.45) is -26.6. The van der Waals surface area contributed by atoms with Crippen LogP contribution in [0.15, 0.2) is 289 Å². The molecular formula is C78H45F23I4O4S4+4. The zero-order valence-corrected chi connectivity index (χ0v) is 68.0. The van der Waals surface area contributed by atoms with Gasteiger partial charge in [-0.05, 0) is 231 Å². The van der Waals surface area contributed by atoms with E-state index >= 15 is 0 Å². The maximum Gasteiger partial charge on any atom is 0.420 e. The Morgan fingerprint density at radius 2 is 0.407 bits per heavy atom. The highest BCUT2D eigenvalue weighted by Gasteiger charge is 2.49. The maximum atomic E-state index is 13.8. The van der Waals surface area contributed by atoms with Crippen LogP contribution in [0.2, 0.25) is 0 Å². The van der Waals surface area contributed by atoms with Crippen LogP contribution in [0, 0.1) is 67.7 Å². The van der Waals surface area contributed by atoms with Crippen molar-refractivity contribution in [2.45, 2.75) is 96.6 Å². The summed E-state index contributed by atoms with van der Waals surface area (Å²) in [5.74, 6) is -14.3. The van der Waals surface area contributed by atoms with Crippen molar-refractivity contribution in [3.8, 4) is 23.0 Å². The third-order valence-electron chi connectivity index (χ3n) is 15.3. The number of rotatable bonds is 12. The van der Waals surface area contributed by atoms with Crippen LogP contribution in [-0.4, -0.2) is 20.4 Å². The lowest BCUT2D eigenvalue weighted by molar-refractivity contribution is -0.147. The van der Waals surface area contributed by atoms with Crippen molar-refractivity contribution >= 4 is 134 Å². The second-order valence-corrected chi connectivity index (χ2v) is 36.4. The van der Waals surface area contributed by atoms with Gasteiger partial charge in [-0.25, -0.2) is 35.1 Å². The van der Waals surface area contributed by atoms with Crippen LogP contribution < -0.4 is 0 Å². The molecule has 1 atom stereocenters. The summed E-state index contributed by atoms with van der Waals surface area (Å²) in [5.41, 5.74) is -8.26. The summed E-state index contributed by atoms with van der Waals surface area (Å²) in [6.45, 7) is 2.02. The fourth-order valence-corrected chi connectivity index (χ4v) is 20.2. The largest absolute Gasteiger partial charge is 0.507 e. The smallest absolute Gasteiger partial charge is 0.420 e. The number of aryl methyl sites for hydroxylation is 1. The molecule has 590 valence electrons. The minimum absolute atomic E-state index is 0.0268. The van der Waals surface area contributed by atoms with E-state index in [1.807, 2.05) is 67.6 Å². The molecule has 35 heteroatoms. The van der Waals surface area contributed by atoms with E-state index in [0.717, 1.165) is 91.6 Å². The number of phenols is 4. The van der Waals surface area contributed by atoms with Crippen molar-refractivity contribution in [1.82, 2.24) is 0 Å². The Morgan fingerprint density at radius 3 is 0.619 bits per heavy atom. The molecule has 0 saturated carbocycles. The molecule has 1 unspecified atom stereocenters. The van der Waals surface area contributed by atoms with Gasteiger partial charge in [0.2, 0.25) is 0 Å². The molecular weight excluding hydrogens is 2070 g/mol. The number of halogens is 27. The number of phenolic OH excluding ortho intramolecular Hbond substituents is 4. The summed E-state index contributed by atoms with van der Waals surface area (Å²) in [6, 6.07) is 50.7. The molecule has 0 aliphatic carbocycles. The van der Waals surface area contributed by atoms with E-state index in [-0.39, 0.29) is 39.0 Å². The number of hydrogen-bond donors (Lipinski definition) is 4. The van der Waals surface area contributed by atoms with Gasteiger partial charge in [0.05, 0.1) is 49.1 Å². The van der Waals surface area contributed by atoms with E-state index in [1.54, 1.807) is 71.1 Å². The summed E-state index contributed by atoms with van der Waals surface area (Å²) in [4.78, 5) is 2.90. The molecule has 0 fully saturated rings. The Balaban J connectivity index is 0.000000176. The van der Waals surface area contributed by atoms with Crippen molar-refractivity contribution in [1.29, 1.82) is 0 Å². The molecule has 0 aliphatic heterocycles. The SMILES string of the molecule is Cc1ccc([S+](c2ccc(I)cc2)c2ccc(C(F)(F)F)cc2)cc1.Fc1cc(F)cc([S+](c2ccc(I)cc2)c2cc(F)cc(F)c2)c1.Oc1c(C(F)(F)F)cc([S+](c2ccc(I)cc2)c2cc(C(F)(F)F)c(O)c(C(F)(F)F)c2)cc1C(F)(F)F.Oc1c(F)cc([S+](c2ccc(I)cc2)c2cc(F)c(O)c(F)c2)cc1F. The first-order valence-corrected chi connectivity index (χ1v) is 40.4. The lowest BCUT2D eigenvalue weighted by atomic mass is 10.1. The van der Waals surface area contributed by atoms with E-state index in [0.29, 0.717) is 23.2 Å². The first-order valence-electron chi connectivity index (χ1n) is 31.2. The van der Waals surface area contributed by atoms with E-state index < -0.39 is 182 Å². The molecule has 0 saturated heterocycles. The van der Waals surface area contributed by atoms with Crippen LogP contribution in [0.1, 0.15) is 33.4 Å². The number of benzene rings is 12. The summed E-state index contributed by atoms with van der Waals surface area (Å²) in [7, 11) is -5.18. The molecule has 12 aromatic rings. The Kier molecular flexibility index (Phi) is 29.1. The predicted octanol–water partition coefficient (Wildman–Crippen LogP) is 26.9. The van der Waals surface area contributed by atoms with Gasteiger partial charge in [0.15, 0.2) is 93.5 Å². The zero-order valence-electron chi connectivity index (χ0n) is 56.1. The van der Waals surface area contributed by atoms with Crippen molar-refractivity contribution < 1.29 is 121 Å². The average Bonchev–Trinajstić information content (AvgIpc) is 0.755. The van der Waals surface area contributed by atoms with Gasteiger partial charge in [0.1, 0.15) is 57.0 Å². The Bertz CT molecular complexity index is 4980. The van der Waals surface area contributed by atoms with Crippen molar-refractivity contribution in [3.05, 3.63) is 325 Å². The topological polar surface area (TPSA) is 80.9 Å². The van der Waals surface area contributed by atoms with Crippen molar-refractivity contribution in [2.24, 2.45) is 0 Å². The van der Waals surface area contributed by atoms with E-state index in [4.69, 9.17) is 0 Å². The Labute approximate surface area is 693 Å². The average molecular weight is 2120 g/mol. The highest BCUT2D eigenvalue weighted by atomic mass is 127. The molecule has 0 aromatic heterocycles. The van der Waals surface area contributed by atoms with Crippen LogP contribution in [0.25, 0.3) is 0 Å². The maximum absolute atomic E-state index is 13.8. The van der Waals surface area contributed by atoms with Gasteiger partial charge in [-0.3, -0.25) is 0 Å². The number of alkyl halides is 15. The monoisotopic (exact) mass is 2120 g/mol. The number of aromatic hydroxyl groups is 4. The van der Waals surface area contributed by atoms with E-state index in [1.165, 1.54) is 36.4 Å². The van der Waals surface area contributed by atoms with Gasteiger partial charge >= 0.3 is 30.9 Å². The molecule has 4 N–H and O–H groups in total. The molecule has 0 heterocycles. The molecule has 113 heavy (non-hydrogen) atoms. The van der Waals surface area contributed by atoms with Gasteiger partial charge in [-0.15, -0.1) is 0 Å². The lowest BCUT2D eigenvalue weighted by Gasteiger charge is -2.19. The predicted molar refractivity (Wildman–Crippen MR) is 413 cm³/mol. The van der Waals surface area contributed by atoms with Gasteiger partial charge in [0.25, 0.3) is 0 Å². The summed E-state index contributed by atoms with van der Waals surface area (Å²) < 4.78 is 315. The zero-order chi connectivity index (χ0) is 83.3. The Morgan fingerprint density at radius 1 is 0.221 bits per heavy atom. The molecule has 12 rings (SSSR count). The van der Waals surface area contributed by atoms with Gasteiger partial charge in [-0.1, -0.05) is 17.7 Å². The fourth-order valence-electron chi connectivity index (χ4n) is 10.3. The van der Waals surface area contributed by atoms with Crippen LogP contribution in [0.5, 0.6) is 23.0 Å². The second kappa shape index (κ2) is 36.8. The molecule has 4 nitrogen and oxygen atoms in total. The van der Waals surface area contributed by atoms with E-state index in [2.05, 4.69) is 67.8 Å². The normalized spacial score (nSPS) is 12.2. The molecule has 12 aromatic carbocycles. The summed E-state index contributed by atoms with van der Waals surface area (Å²) in [5, 5.41) is 38.1. The molecule has 0 amide bonds. The fraction of sp³-hybridized carbons (Fsp3) is 0.0769. The van der Waals surface area contributed by atoms with Gasteiger partial charge in [0, 0.05) is 99.2 Å². The molecule has 0 spiro atoms. The van der Waals surface area contributed by atoms with Crippen LogP contribution in [0.3, 0.4) is 0 Å². The number of hydrogen-bond acceptors (Lipinski definition) is 4. The second-order valence-electron chi connectivity index (χ2n) is 23.3. The van der Waals surface area contributed by atoms with Crippen LogP contribution in [0.4, 0.5) is 101 Å². The lowest BCUT2D eigenvalue weighted by Crippen LogP contribution is -2.17. The van der Waals surface area contributed by atoms with Crippen molar-refractivity contribution in [2.75, 3.05) is 0 Å². The van der Waals surface area contributed by atoms with E-state index in [9.17, 15) is 121 Å². The third kappa shape index (κ3) is 23.0. The first kappa shape index (κ1) is 89.5. The van der Waals surface area contributed by atoms with Gasteiger partial charge in [-0.2, -0.15) is 65.9 Å². The quantitative estimate of drug-likeness (QED) is 0.0558. The van der Waals surface area contributed by atoms with Crippen LogP contribution >= 0.6 is 90.4 Å². The molecule has 0 radical (unpaired) electrons. The minimum atomic E-state index is -5.58. The van der Waals surface area contributed by atoms with Gasteiger partial charge < -0.3 is 20.4 Å². The minimum Gasteiger partial charge on any atom is -0.507 e. The standard InChI is InChI=1S/C22H9F12IO2S.C20H15F3IS.C18H9F4IO2S.C18H10F4IS/c23-19(24,25)13-5-11(6-14(17(13)36)20(26,27)28)38(10-3-1-9(35)2-4-10)12-7-15(21(29,30)31)18(37)16(8-12)22(32,33)34;1-14-2-8-17(9-3-14)25(19-12-6-16(24)7-13-19)18-10-4-15(5-11-18)20(21,22)23;19-13-5-11(6-14(20)17(13)24)26(10-3-1-9(23)2-4-10)12-7-15(21)18(25)16(22)8-12;19-11-5-12(20)8-17(7-11)24(16-3-1-15(23)2-4-16)18-9-13(21)6-14(22)10-18/h1-8H,(H-,36,37);2-13H,1H3;1-8H,(H-,24,25);1-10H/q;+1;;+1/p+2. The highest BCUT2D eigenvalue weighted by molar-refractivity contribution is 14.1. The molecule has 0 bridgehead atoms. The van der Waals surface area contributed by atoms with Crippen LogP contribution in [-0.2, 0) is 74.5 Å². The summed E-state index contributed by atoms with van der Waals surface area (Å²) >= 11 is 8.22. The highest BCUT2D eigenvalue weighted by Crippen LogP contribution is 2.51. The first-order chi connectivity index (χ1) is 52.7. The third-order valence-corrected chi connectivity index (χ3v) is 26.9. The Hall–Kier alpha value is -7.45. The van der Waals surface area contributed by atoms with Crippen molar-refractivity contribution in [3.63, 3.8) is 0 Å².